The summed E-state index contributed by atoms with van der Waals surface area (Å²) in [6.45, 7) is 0.607. The molecule has 1 nitrogen and oxygen atoms in total. The molecule has 0 bridgehead atoms. The number of benzene rings is 2. The van der Waals surface area contributed by atoms with Crippen LogP contribution in [0.4, 0.5) is 0 Å². The third-order valence-corrected chi connectivity index (χ3v) is 3.15. The molecule has 76 valence electrons. The van der Waals surface area contributed by atoms with Crippen LogP contribution >= 0.6 is 11.8 Å². The van der Waals surface area contributed by atoms with Gasteiger partial charge in [0.1, 0.15) is 0 Å². The maximum Gasteiger partial charge on any atom is 0.0178 e. The Hall–Kier alpha value is -1.25. The lowest BCUT2D eigenvalue weighted by molar-refractivity contribution is 1.07. The van der Waals surface area contributed by atoms with Gasteiger partial charge in [0.15, 0.2) is 0 Å². The first kappa shape index (κ1) is 10.3. The van der Waals surface area contributed by atoms with Gasteiger partial charge in [-0.3, -0.25) is 0 Å². The van der Waals surface area contributed by atoms with Gasteiger partial charge in [0.2, 0.25) is 0 Å². The van der Waals surface area contributed by atoms with E-state index in [9.17, 15) is 0 Å². The monoisotopic (exact) mass is 215 g/mol. The molecule has 2 aromatic rings. The topological polar surface area (TPSA) is 26.0 Å². The average Bonchev–Trinajstić information content (AvgIpc) is 2.31. The minimum atomic E-state index is 0.607. The Morgan fingerprint density at radius 1 is 0.800 bits per heavy atom. The highest BCUT2D eigenvalue weighted by molar-refractivity contribution is 7.99. The van der Waals surface area contributed by atoms with Crippen molar-refractivity contribution in [2.24, 2.45) is 5.73 Å². The SMILES string of the molecule is NCc1ccc(Sc2ccccc2)cc1. The molecular formula is C13H13NS. The van der Waals surface area contributed by atoms with E-state index in [0.29, 0.717) is 6.54 Å². The van der Waals surface area contributed by atoms with E-state index in [1.165, 1.54) is 15.4 Å². The predicted molar refractivity (Wildman–Crippen MR) is 64.9 cm³/mol. The molecule has 0 amide bonds. The molecule has 2 N–H and O–H groups in total. The lowest BCUT2D eigenvalue weighted by Crippen LogP contribution is -1.94. The van der Waals surface area contributed by atoms with Gasteiger partial charge in [0, 0.05) is 16.3 Å². The van der Waals surface area contributed by atoms with Crippen LogP contribution in [0.5, 0.6) is 0 Å². The molecule has 0 aromatic heterocycles. The van der Waals surface area contributed by atoms with Gasteiger partial charge >= 0.3 is 0 Å². The molecule has 0 unspecified atom stereocenters. The molecule has 0 aliphatic rings. The third-order valence-electron chi connectivity index (χ3n) is 2.14. The number of nitrogens with two attached hydrogens (primary N) is 1. The van der Waals surface area contributed by atoms with E-state index >= 15 is 0 Å². The second-order valence-electron chi connectivity index (χ2n) is 3.26. The van der Waals surface area contributed by atoms with Crippen LogP contribution in [0.2, 0.25) is 0 Å². The first-order chi connectivity index (χ1) is 7.38. The summed E-state index contributed by atoms with van der Waals surface area (Å²) in [5.41, 5.74) is 6.72. The van der Waals surface area contributed by atoms with Crippen molar-refractivity contribution in [1.29, 1.82) is 0 Å². The van der Waals surface area contributed by atoms with E-state index in [0.717, 1.165) is 0 Å². The van der Waals surface area contributed by atoms with Gasteiger partial charge in [0.05, 0.1) is 0 Å². The molecule has 0 radical (unpaired) electrons. The normalized spacial score (nSPS) is 10.2. The molecule has 0 aliphatic carbocycles. The van der Waals surface area contributed by atoms with Gasteiger partial charge in [-0.1, -0.05) is 42.1 Å². The van der Waals surface area contributed by atoms with Crippen LogP contribution in [0.15, 0.2) is 64.4 Å². The molecule has 0 saturated heterocycles. The van der Waals surface area contributed by atoms with Gasteiger partial charge in [-0.25, -0.2) is 0 Å². The van der Waals surface area contributed by atoms with Gasteiger partial charge < -0.3 is 5.73 Å². The highest BCUT2D eigenvalue weighted by Crippen LogP contribution is 2.27. The van der Waals surface area contributed by atoms with Crippen LogP contribution < -0.4 is 5.73 Å². The average molecular weight is 215 g/mol. The minimum absolute atomic E-state index is 0.607. The molecule has 0 spiro atoms. The zero-order valence-electron chi connectivity index (χ0n) is 8.39. The molecule has 0 aliphatic heterocycles. The minimum Gasteiger partial charge on any atom is -0.326 e. The molecule has 0 heterocycles. The Morgan fingerprint density at radius 3 is 2.00 bits per heavy atom. The second-order valence-corrected chi connectivity index (χ2v) is 4.41. The molecule has 2 heteroatoms. The molecule has 2 aromatic carbocycles. The first-order valence-corrected chi connectivity index (χ1v) is 5.72. The molecule has 0 atom stereocenters. The number of hydrogen-bond acceptors (Lipinski definition) is 2. The summed E-state index contributed by atoms with van der Waals surface area (Å²) in [6.07, 6.45) is 0. The third kappa shape index (κ3) is 2.85. The largest absolute Gasteiger partial charge is 0.326 e. The Morgan fingerprint density at radius 2 is 1.40 bits per heavy atom. The number of rotatable bonds is 3. The second kappa shape index (κ2) is 5.01. The van der Waals surface area contributed by atoms with Crippen LogP contribution in [0.3, 0.4) is 0 Å². The first-order valence-electron chi connectivity index (χ1n) is 4.90. The van der Waals surface area contributed by atoms with Gasteiger partial charge in [-0.2, -0.15) is 0 Å². The van der Waals surface area contributed by atoms with Gasteiger partial charge in [-0.05, 0) is 29.8 Å². The molecule has 0 fully saturated rings. The molecule has 15 heavy (non-hydrogen) atoms. The summed E-state index contributed by atoms with van der Waals surface area (Å²) < 4.78 is 0. The maximum atomic E-state index is 5.55. The maximum absolute atomic E-state index is 5.55. The predicted octanol–water partition coefficient (Wildman–Crippen LogP) is 3.30. The van der Waals surface area contributed by atoms with Crippen LogP contribution in [-0.4, -0.2) is 0 Å². The molecule has 2 rings (SSSR count). The molecule has 0 saturated carbocycles. The fourth-order valence-corrected chi connectivity index (χ4v) is 2.16. The van der Waals surface area contributed by atoms with Crippen molar-refractivity contribution >= 4 is 11.8 Å². The summed E-state index contributed by atoms with van der Waals surface area (Å²) in [5, 5.41) is 0. The zero-order chi connectivity index (χ0) is 10.5. The van der Waals surface area contributed by atoms with Crippen molar-refractivity contribution in [1.82, 2.24) is 0 Å². The molecular weight excluding hydrogens is 202 g/mol. The number of hydrogen-bond donors (Lipinski definition) is 1. The fourth-order valence-electron chi connectivity index (χ4n) is 1.32. The van der Waals surface area contributed by atoms with Gasteiger partial charge in [0.25, 0.3) is 0 Å². The Kier molecular flexibility index (Phi) is 3.43. The van der Waals surface area contributed by atoms with E-state index in [1.54, 1.807) is 11.8 Å². The van der Waals surface area contributed by atoms with Gasteiger partial charge in [-0.15, -0.1) is 0 Å². The van der Waals surface area contributed by atoms with Crippen LogP contribution in [0.1, 0.15) is 5.56 Å². The van der Waals surface area contributed by atoms with Crippen molar-refractivity contribution in [2.45, 2.75) is 16.3 Å². The van der Waals surface area contributed by atoms with Crippen molar-refractivity contribution in [3.05, 3.63) is 60.2 Å². The van der Waals surface area contributed by atoms with Crippen LogP contribution in [-0.2, 0) is 6.54 Å². The smallest absolute Gasteiger partial charge is 0.0178 e. The lowest BCUT2D eigenvalue weighted by Gasteiger charge is -2.02. The summed E-state index contributed by atoms with van der Waals surface area (Å²) >= 11 is 1.77. The van der Waals surface area contributed by atoms with E-state index in [-0.39, 0.29) is 0 Å². The Bertz CT molecular complexity index is 408. The van der Waals surface area contributed by atoms with Crippen molar-refractivity contribution in [3.63, 3.8) is 0 Å². The standard InChI is InChI=1S/C13H13NS/c14-10-11-6-8-13(9-7-11)15-12-4-2-1-3-5-12/h1-9H,10,14H2. The van der Waals surface area contributed by atoms with E-state index < -0.39 is 0 Å². The van der Waals surface area contributed by atoms with E-state index in [4.69, 9.17) is 5.73 Å². The highest BCUT2D eigenvalue weighted by atomic mass is 32.2. The van der Waals surface area contributed by atoms with Crippen LogP contribution in [0, 0.1) is 0 Å². The Labute approximate surface area is 94.3 Å². The van der Waals surface area contributed by atoms with Crippen molar-refractivity contribution < 1.29 is 0 Å². The summed E-state index contributed by atoms with van der Waals surface area (Å²) in [6, 6.07) is 18.7. The summed E-state index contributed by atoms with van der Waals surface area (Å²) in [4.78, 5) is 2.51. The van der Waals surface area contributed by atoms with Crippen molar-refractivity contribution in [2.75, 3.05) is 0 Å². The van der Waals surface area contributed by atoms with Crippen LogP contribution in [0.25, 0.3) is 0 Å². The fraction of sp³-hybridized carbons (Fsp3) is 0.0769. The highest BCUT2D eigenvalue weighted by Gasteiger charge is 1.96. The lowest BCUT2D eigenvalue weighted by atomic mass is 10.2. The zero-order valence-corrected chi connectivity index (χ0v) is 9.21. The Balaban J connectivity index is 2.11. The quantitative estimate of drug-likeness (QED) is 0.850. The van der Waals surface area contributed by atoms with E-state index in [1.807, 2.05) is 6.07 Å². The summed E-state index contributed by atoms with van der Waals surface area (Å²) in [7, 11) is 0. The summed E-state index contributed by atoms with van der Waals surface area (Å²) in [5.74, 6) is 0. The van der Waals surface area contributed by atoms with Crippen molar-refractivity contribution in [3.8, 4) is 0 Å². The van der Waals surface area contributed by atoms with E-state index in [2.05, 4.69) is 48.5 Å².